The minimum Gasteiger partial charge on any atom is -0.493 e. The molecule has 1 N–H and O–H groups in total. The van der Waals surface area contributed by atoms with Crippen molar-refractivity contribution in [1.29, 1.82) is 0 Å². The van der Waals surface area contributed by atoms with Gasteiger partial charge in [0.2, 0.25) is 5.76 Å². The first-order chi connectivity index (χ1) is 14.1. The van der Waals surface area contributed by atoms with Crippen LogP contribution in [-0.2, 0) is 12.7 Å². The average Bonchev–Trinajstić information content (AvgIpc) is 3.28. The number of nitrogens with zero attached hydrogens (tertiary/aromatic N) is 1. The Morgan fingerprint density at radius 3 is 2.47 bits per heavy atom. The zero-order valence-corrected chi connectivity index (χ0v) is 16.9. The van der Waals surface area contributed by atoms with Crippen molar-refractivity contribution >= 4 is 22.9 Å². The second kappa shape index (κ2) is 8.27. The van der Waals surface area contributed by atoms with E-state index in [0.29, 0.717) is 34.2 Å². The summed E-state index contributed by atoms with van der Waals surface area (Å²) >= 11 is 0.693. The van der Waals surface area contributed by atoms with Crippen molar-refractivity contribution in [3.05, 3.63) is 62.1 Å². The Bertz CT molecular complexity index is 1130. The van der Waals surface area contributed by atoms with Crippen LogP contribution < -0.4 is 19.7 Å². The van der Waals surface area contributed by atoms with Crippen LogP contribution >= 0.6 is 11.3 Å². The van der Waals surface area contributed by atoms with Crippen molar-refractivity contribution in [2.45, 2.75) is 19.6 Å². The van der Waals surface area contributed by atoms with E-state index < -0.39 is 22.7 Å². The Labute approximate surface area is 172 Å². The van der Waals surface area contributed by atoms with Crippen LogP contribution in [0.4, 0.5) is 18.9 Å². The summed E-state index contributed by atoms with van der Waals surface area (Å²) in [5.41, 5.74) is 0.734. The van der Waals surface area contributed by atoms with Crippen molar-refractivity contribution in [1.82, 2.24) is 4.57 Å². The quantitative estimate of drug-likeness (QED) is 0.620. The number of halogens is 3. The number of amides is 1. The maximum atomic E-state index is 12.7. The monoisotopic (exact) mass is 442 g/mol. The van der Waals surface area contributed by atoms with E-state index in [1.54, 1.807) is 18.2 Å². The summed E-state index contributed by atoms with van der Waals surface area (Å²) in [5, 5.41) is 2.67. The molecule has 11 heteroatoms. The van der Waals surface area contributed by atoms with Gasteiger partial charge in [-0.15, -0.1) is 0 Å². The summed E-state index contributed by atoms with van der Waals surface area (Å²) < 4.78 is 54.3. The van der Waals surface area contributed by atoms with Crippen molar-refractivity contribution in [2.75, 3.05) is 19.5 Å². The lowest BCUT2D eigenvalue weighted by Crippen LogP contribution is -2.16. The molecular weight excluding hydrogens is 425 g/mol. The molecule has 0 atom stereocenters. The van der Waals surface area contributed by atoms with Crippen LogP contribution in [0.3, 0.4) is 0 Å². The van der Waals surface area contributed by atoms with Gasteiger partial charge in [0.1, 0.15) is 10.6 Å². The molecule has 0 aliphatic carbocycles. The largest absolute Gasteiger partial charge is 0.493 e. The van der Waals surface area contributed by atoms with Gasteiger partial charge < -0.3 is 19.2 Å². The van der Waals surface area contributed by atoms with Crippen LogP contribution in [0, 0.1) is 6.92 Å². The van der Waals surface area contributed by atoms with Gasteiger partial charge in [-0.05, 0) is 31.2 Å². The van der Waals surface area contributed by atoms with Gasteiger partial charge >= 0.3 is 11.0 Å². The Kier molecular flexibility index (Phi) is 5.92. The summed E-state index contributed by atoms with van der Waals surface area (Å²) in [5.74, 6) is -0.826. The number of aromatic nitrogens is 1. The fourth-order valence-electron chi connectivity index (χ4n) is 2.74. The minimum atomic E-state index is -4.61. The standard InChI is InChI=1S/C19H17F3N2O5S/c1-10-16(17(25)23-11-4-6-13(27-2)14(8-11)28-3)30-18(26)24(10)9-12-5-7-15(29-12)19(20,21)22/h4-8H,9H2,1-3H3,(H,23,25). The SMILES string of the molecule is COc1ccc(NC(=O)c2sc(=O)n(Cc3ccc(C(F)(F)F)o3)c2C)cc1OC. The number of carbonyl (C=O) groups is 1. The number of alkyl halides is 3. The molecule has 0 aliphatic rings. The summed E-state index contributed by atoms with van der Waals surface area (Å²) in [6.07, 6.45) is -4.61. The first kappa shape index (κ1) is 21.5. The second-order valence-electron chi connectivity index (χ2n) is 6.16. The molecule has 7 nitrogen and oxygen atoms in total. The molecule has 3 rings (SSSR count). The molecule has 0 fully saturated rings. The zero-order chi connectivity index (χ0) is 22.1. The molecule has 0 radical (unpaired) electrons. The number of thiazole rings is 1. The van der Waals surface area contributed by atoms with Gasteiger partial charge in [0.25, 0.3) is 5.91 Å². The minimum absolute atomic E-state index is 0.0443. The number of methoxy groups -OCH3 is 2. The number of nitrogens with one attached hydrogen (secondary N) is 1. The molecule has 2 aromatic heterocycles. The molecule has 0 unspecified atom stereocenters. The molecule has 0 bridgehead atoms. The topological polar surface area (TPSA) is 82.7 Å². The number of rotatable bonds is 6. The average molecular weight is 442 g/mol. The van der Waals surface area contributed by atoms with Crippen LogP contribution in [0.25, 0.3) is 0 Å². The van der Waals surface area contributed by atoms with Gasteiger partial charge in [0.05, 0.1) is 20.8 Å². The van der Waals surface area contributed by atoms with Crippen LogP contribution in [-0.4, -0.2) is 24.7 Å². The zero-order valence-electron chi connectivity index (χ0n) is 16.1. The fraction of sp³-hybridized carbons (Fsp3) is 0.263. The van der Waals surface area contributed by atoms with E-state index in [1.165, 1.54) is 25.7 Å². The highest BCUT2D eigenvalue weighted by Crippen LogP contribution is 2.31. The van der Waals surface area contributed by atoms with E-state index in [9.17, 15) is 22.8 Å². The van der Waals surface area contributed by atoms with Crippen LogP contribution in [0.5, 0.6) is 11.5 Å². The van der Waals surface area contributed by atoms with Gasteiger partial charge in [-0.3, -0.25) is 14.2 Å². The van der Waals surface area contributed by atoms with Crippen molar-refractivity contribution in [3.8, 4) is 11.5 Å². The number of hydrogen-bond donors (Lipinski definition) is 1. The van der Waals surface area contributed by atoms with E-state index in [0.717, 1.165) is 12.1 Å². The van der Waals surface area contributed by atoms with Crippen LogP contribution in [0.1, 0.15) is 26.9 Å². The normalized spacial score (nSPS) is 11.4. The number of anilines is 1. The molecule has 160 valence electrons. The molecule has 2 heterocycles. The van der Waals surface area contributed by atoms with Crippen LogP contribution in [0.2, 0.25) is 0 Å². The Morgan fingerprint density at radius 1 is 1.17 bits per heavy atom. The van der Waals surface area contributed by atoms with Gasteiger partial charge in [-0.1, -0.05) is 11.3 Å². The third kappa shape index (κ3) is 4.35. The Morgan fingerprint density at radius 2 is 1.87 bits per heavy atom. The van der Waals surface area contributed by atoms with Crippen molar-refractivity contribution in [3.63, 3.8) is 0 Å². The lowest BCUT2D eigenvalue weighted by atomic mass is 10.2. The maximum Gasteiger partial charge on any atom is 0.449 e. The Balaban J connectivity index is 1.82. The highest BCUT2D eigenvalue weighted by Gasteiger charge is 2.34. The van der Waals surface area contributed by atoms with Crippen LogP contribution in [0.15, 0.2) is 39.5 Å². The predicted octanol–water partition coefficient (Wildman–Crippen LogP) is 4.15. The molecule has 0 saturated heterocycles. The van der Waals surface area contributed by atoms with E-state index in [-0.39, 0.29) is 17.2 Å². The predicted molar refractivity (Wildman–Crippen MR) is 104 cm³/mol. The summed E-state index contributed by atoms with van der Waals surface area (Å²) in [4.78, 5) is 24.6. The highest BCUT2D eigenvalue weighted by atomic mass is 32.1. The number of carbonyl (C=O) groups excluding carboxylic acids is 1. The molecule has 0 aliphatic heterocycles. The first-order valence-electron chi connectivity index (χ1n) is 8.53. The third-order valence-electron chi connectivity index (χ3n) is 4.25. The molecule has 30 heavy (non-hydrogen) atoms. The number of furan rings is 1. The van der Waals surface area contributed by atoms with E-state index in [2.05, 4.69) is 5.32 Å². The first-order valence-corrected chi connectivity index (χ1v) is 9.35. The van der Waals surface area contributed by atoms with E-state index in [4.69, 9.17) is 13.9 Å². The molecule has 1 aromatic carbocycles. The van der Waals surface area contributed by atoms with Crippen molar-refractivity contribution in [2.24, 2.45) is 0 Å². The van der Waals surface area contributed by atoms with E-state index in [1.807, 2.05) is 0 Å². The molecule has 1 amide bonds. The fourth-order valence-corrected chi connectivity index (χ4v) is 3.63. The Hall–Kier alpha value is -3.21. The smallest absolute Gasteiger partial charge is 0.449 e. The number of benzene rings is 1. The molecule has 3 aromatic rings. The highest BCUT2D eigenvalue weighted by molar-refractivity contribution is 7.11. The second-order valence-corrected chi connectivity index (χ2v) is 7.12. The number of ether oxygens (including phenoxy) is 2. The lowest BCUT2D eigenvalue weighted by molar-refractivity contribution is -0.153. The summed E-state index contributed by atoms with van der Waals surface area (Å²) in [6.45, 7) is 1.32. The molecule has 0 spiro atoms. The summed E-state index contributed by atoms with van der Waals surface area (Å²) in [7, 11) is 2.94. The third-order valence-corrected chi connectivity index (χ3v) is 5.33. The van der Waals surface area contributed by atoms with Gasteiger partial charge in [-0.25, -0.2) is 0 Å². The maximum absolute atomic E-state index is 12.7. The van der Waals surface area contributed by atoms with E-state index >= 15 is 0 Å². The molecular formula is C19H17F3N2O5S. The number of hydrogen-bond acceptors (Lipinski definition) is 6. The van der Waals surface area contributed by atoms with Crippen molar-refractivity contribution < 1.29 is 31.9 Å². The molecule has 0 saturated carbocycles. The van der Waals surface area contributed by atoms with Gasteiger partial charge in [-0.2, -0.15) is 13.2 Å². The van der Waals surface area contributed by atoms with Gasteiger partial charge in [0.15, 0.2) is 11.5 Å². The lowest BCUT2D eigenvalue weighted by Gasteiger charge is -2.10. The van der Waals surface area contributed by atoms with Gasteiger partial charge in [0, 0.05) is 17.4 Å². The summed E-state index contributed by atoms with van der Waals surface area (Å²) in [6, 6.07) is 6.73.